The number of carbonyl (C=O) groups is 1. The van der Waals surface area contributed by atoms with Crippen molar-refractivity contribution in [2.75, 3.05) is 6.54 Å². The molecule has 0 aromatic rings. The molecule has 0 spiro atoms. The van der Waals surface area contributed by atoms with Crippen LogP contribution >= 0.6 is 0 Å². The summed E-state index contributed by atoms with van der Waals surface area (Å²) in [5, 5.41) is 8.36. The molecule has 0 radical (unpaired) electrons. The van der Waals surface area contributed by atoms with E-state index < -0.39 is 12.3 Å². The Hall–Kier alpha value is 0.390. The second kappa shape index (κ2) is 6.51. The number of hydrogen-bond acceptors (Lipinski definition) is 4. The van der Waals surface area contributed by atoms with E-state index in [0.717, 1.165) is 0 Å². The zero-order chi connectivity index (χ0) is 6.57. The molecule has 1 unspecified atom stereocenters. The standard InChI is InChI=1S/C4H9NO3.Na.H/c1-3(6)8-4(7)2-5;;/h3,6H,2,5H2,1H3;;/q;+1;-1. The third-order valence-electron chi connectivity index (χ3n) is 0.469. The molecule has 0 amide bonds. The monoisotopic (exact) mass is 143 g/mol. The van der Waals surface area contributed by atoms with Crippen molar-refractivity contribution in [3.05, 3.63) is 0 Å². The maximum Gasteiger partial charge on any atom is 1.00 e. The molecule has 0 aliphatic carbocycles. The summed E-state index contributed by atoms with van der Waals surface area (Å²) in [6.45, 7) is 1.15. The third-order valence-corrected chi connectivity index (χ3v) is 0.469. The number of aliphatic hydroxyl groups excluding tert-OH is 1. The quantitative estimate of drug-likeness (QED) is 0.234. The first-order valence-electron chi connectivity index (χ1n) is 2.24. The Kier molecular flexibility index (Phi) is 8.75. The van der Waals surface area contributed by atoms with E-state index in [1.165, 1.54) is 6.92 Å². The van der Waals surface area contributed by atoms with Gasteiger partial charge < -0.3 is 17.0 Å². The van der Waals surface area contributed by atoms with Crippen molar-refractivity contribution in [3.63, 3.8) is 0 Å². The first kappa shape index (κ1) is 12.1. The predicted molar refractivity (Wildman–Crippen MR) is 27.9 cm³/mol. The minimum atomic E-state index is -1.05. The first-order chi connectivity index (χ1) is 3.66. The molecule has 5 heteroatoms. The van der Waals surface area contributed by atoms with Crippen LogP contribution in [-0.4, -0.2) is 23.9 Å². The molecule has 0 bridgehead atoms. The van der Waals surface area contributed by atoms with Gasteiger partial charge in [0.05, 0.1) is 6.54 Å². The zero-order valence-corrected chi connectivity index (χ0v) is 7.63. The van der Waals surface area contributed by atoms with Crippen molar-refractivity contribution >= 4 is 5.97 Å². The number of hydrogen-bond donors (Lipinski definition) is 2. The van der Waals surface area contributed by atoms with E-state index >= 15 is 0 Å². The molecule has 0 aliphatic rings. The maximum atomic E-state index is 10.1. The van der Waals surface area contributed by atoms with E-state index in [1.54, 1.807) is 0 Å². The summed E-state index contributed by atoms with van der Waals surface area (Å²) in [7, 11) is 0. The molecule has 0 fully saturated rings. The molecule has 3 N–H and O–H groups in total. The molecule has 1 atom stereocenters. The Morgan fingerprint density at radius 1 is 2.00 bits per heavy atom. The number of nitrogens with two attached hydrogens (primary N) is 1. The molecule has 0 heterocycles. The second-order valence-electron chi connectivity index (χ2n) is 1.29. The Labute approximate surface area is 77.1 Å². The van der Waals surface area contributed by atoms with Crippen LogP contribution in [0.4, 0.5) is 0 Å². The van der Waals surface area contributed by atoms with Gasteiger partial charge in [-0.3, -0.25) is 4.79 Å². The van der Waals surface area contributed by atoms with Gasteiger partial charge in [-0.2, -0.15) is 0 Å². The van der Waals surface area contributed by atoms with E-state index in [0.29, 0.717) is 0 Å². The number of ether oxygens (including phenoxy) is 1. The summed E-state index contributed by atoms with van der Waals surface area (Å²) >= 11 is 0. The minimum Gasteiger partial charge on any atom is -1.00 e. The van der Waals surface area contributed by atoms with Crippen LogP contribution in [0.2, 0.25) is 0 Å². The van der Waals surface area contributed by atoms with Crippen LogP contribution in [0.5, 0.6) is 0 Å². The predicted octanol–water partition coefficient (Wildman–Crippen LogP) is -4.06. The molecule has 0 saturated carbocycles. The molecule has 0 aromatic heterocycles. The fraction of sp³-hybridized carbons (Fsp3) is 0.750. The van der Waals surface area contributed by atoms with E-state index in [2.05, 4.69) is 4.74 Å². The first-order valence-corrected chi connectivity index (χ1v) is 2.24. The molecule has 0 rings (SSSR count). The Morgan fingerprint density at radius 3 is 2.56 bits per heavy atom. The molecular formula is C4H10NNaO3. The summed E-state index contributed by atoms with van der Waals surface area (Å²) in [5.41, 5.74) is 4.83. The molecule has 4 nitrogen and oxygen atoms in total. The third kappa shape index (κ3) is 8.39. The van der Waals surface area contributed by atoms with Crippen LogP contribution in [0, 0.1) is 0 Å². The Morgan fingerprint density at radius 2 is 2.44 bits per heavy atom. The molecule has 0 saturated heterocycles. The van der Waals surface area contributed by atoms with Crippen LogP contribution in [0.25, 0.3) is 0 Å². The van der Waals surface area contributed by atoms with Crippen molar-refractivity contribution in [2.24, 2.45) is 5.73 Å². The second-order valence-corrected chi connectivity index (χ2v) is 1.29. The van der Waals surface area contributed by atoms with Gasteiger partial charge in [0.1, 0.15) is 0 Å². The fourth-order valence-corrected chi connectivity index (χ4v) is 0.238. The summed E-state index contributed by atoms with van der Waals surface area (Å²) in [4.78, 5) is 10.1. The smallest absolute Gasteiger partial charge is 1.00 e. The topological polar surface area (TPSA) is 72.5 Å². The summed E-state index contributed by atoms with van der Waals surface area (Å²) in [5.74, 6) is -0.597. The largest absolute Gasteiger partial charge is 1.00 e. The average Bonchev–Trinajstić information content (AvgIpc) is 1.65. The molecular weight excluding hydrogens is 133 g/mol. The van der Waals surface area contributed by atoms with Gasteiger partial charge in [0, 0.05) is 0 Å². The zero-order valence-electron chi connectivity index (χ0n) is 6.63. The number of esters is 1. The van der Waals surface area contributed by atoms with E-state index in [-0.39, 0.29) is 37.5 Å². The van der Waals surface area contributed by atoms with Gasteiger partial charge in [-0.15, -0.1) is 0 Å². The van der Waals surface area contributed by atoms with Gasteiger partial charge >= 0.3 is 35.5 Å². The van der Waals surface area contributed by atoms with Crippen molar-refractivity contribution in [1.82, 2.24) is 0 Å². The summed E-state index contributed by atoms with van der Waals surface area (Å²) in [6.07, 6.45) is -1.05. The number of carbonyl (C=O) groups excluding carboxylic acids is 1. The minimum absolute atomic E-state index is 0. The average molecular weight is 143 g/mol. The molecule has 9 heavy (non-hydrogen) atoms. The normalized spacial score (nSPS) is 11.4. The van der Waals surface area contributed by atoms with Crippen molar-refractivity contribution in [3.8, 4) is 0 Å². The fourth-order valence-electron chi connectivity index (χ4n) is 0.238. The maximum absolute atomic E-state index is 10.1. The van der Waals surface area contributed by atoms with Crippen molar-refractivity contribution in [1.29, 1.82) is 0 Å². The van der Waals surface area contributed by atoms with Crippen LogP contribution in [0.15, 0.2) is 0 Å². The molecule has 0 aromatic carbocycles. The van der Waals surface area contributed by atoms with Crippen molar-refractivity contribution < 1.29 is 45.6 Å². The Bertz CT molecular complexity index is 90.6. The van der Waals surface area contributed by atoms with E-state index in [9.17, 15) is 4.79 Å². The van der Waals surface area contributed by atoms with Gasteiger partial charge in [-0.1, -0.05) is 0 Å². The van der Waals surface area contributed by atoms with Crippen LogP contribution < -0.4 is 35.3 Å². The van der Waals surface area contributed by atoms with Crippen molar-refractivity contribution in [2.45, 2.75) is 13.2 Å². The Balaban J connectivity index is -0.000000245. The van der Waals surface area contributed by atoms with E-state index in [1.807, 2.05) is 0 Å². The summed E-state index contributed by atoms with van der Waals surface area (Å²) in [6, 6.07) is 0. The molecule has 0 aliphatic heterocycles. The summed E-state index contributed by atoms with van der Waals surface area (Å²) < 4.78 is 4.19. The van der Waals surface area contributed by atoms with Crippen LogP contribution in [-0.2, 0) is 9.53 Å². The number of rotatable bonds is 2. The van der Waals surface area contributed by atoms with E-state index in [4.69, 9.17) is 10.8 Å². The van der Waals surface area contributed by atoms with Gasteiger partial charge in [-0.25, -0.2) is 0 Å². The van der Waals surface area contributed by atoms with Crippen LogP contribution in [0.1, 0.15) is 8.35 Å². The van der Waals surface area contributed by atoms with Gasteiger partial charge in [0.15, 0.2) is 6.29 Å². The SMILES string of the molecule is CC(O)OC(=O)CN.[H-].[Na+]. The van der Waals surface area contributed by atoms with Crippen LogP contribution in [0.3, 0.4) is 0 Å². The van der Waals surface area contributed by atoms with Gasteiger partial charge in [0.2, 0.25) is 0 Å². The number of aliphatic hydroxyl groups is 1. The van der Waals surface area contributed by atoms with Gasteiger partial charge in [-0.05, 0) is 6.92 Å². The molecule has 50 valence electrons. The van der Waals surface area contributed by atoms with Gasteiger partial charge in [0.25, 0.3) is 0 Å².